The van der Waals surface area contributed by atoms with E-state index in [4.69, 9.17) is 10.5 Å². The van der Waals surface area contributed by atoms with E-state index in [0.29, 0.717) is 23.5 Å². The molecule has 2 aromatic carbocycles. The van der Waals surface area contributed by atoms with Crippen LogP contribution in [0, 0.1) is 19.7 Å². The van der Waals surface area contributed by atoms with Crippen molar-refractivity contribution < 1.29 is 9.13 Å². The molecule has 0 amide bonds. The lowest BCUT2D eigenvalue weighted by atomic mass is 10.1. The molecule has 1 unspecified atom stereocenters. The molecule has 106 valence electrons. The molecule has 0 saturated carbocycles. The molecule has 3 heteroatoms. The van der Waals surface area contributed by atoms with Crippen molar-refractivity contribution >= 4 is 0 Å². The van der Waals surface area contributed by atoms with Crippen molar-refractivity contribution in [2.75, 3.05) is 0 Å². The number of benzene rings is 2. The molecule has 0 aliphatic rings. The molecule has 0 radical (unpaired) electrons. The van der Waals surface area contributed by atoms with Crippen molar-refractivity contribution in [1.29, 1.82) is 0 Å². The first-order chi connectivity index (χ1) is 9.47. The van der Waals surface area contributed by atoms with Crippen LogP contribution < -0.4 is 10.5 Å². The lowest BCUT2D eigenvalue weighted by molar-refractivity contribution is 0.463. The van der Waals surface area contributed by atoms with Crippen molar-refractivity contribution in [3.8, 4) is 11.5 Å². The van der Waals surface area contributed by atoms with E-state index in [-0.39, 0.29) is 11.9 Å². The van der Waals surface area contributed by atoms with E-state index in [1.807, 2.05) is 39.0 Å². The van der Waals surface area contributed by atoms with Crippen molar-refractivity contribution in [2.45, 2.75) is 33.2 Å². The predicted octanol–water partition coefficient (Wildman–Crippen LogP) is 4.12. The van der Waals surface area contributed by atoms with E-state index < -0.39 is 0 Å². The first-order valence-electron chi connectivity index (χ1n) is 6.75. The first-order valence-corrected chi connectivity index (χ1v) is 6.75. The van der Waals surface area contributed by atoms with Gasteiger partial charge in [0.15, 0.2) is 0 Å². The van der Waals surface area contributed by atoms with Gasteiger partial charge in [-0.25, -0.2) is 4.39 Å². The zero-order chi connectivity index (χ0) is 14.7. The summed E-state index contributed by atoms with van der Waals surface area (Å²) in [6, 6.07) is 10.6. The Morgan fingerprint density at radius 3 is 2.55 bits per heavy atom. The Balaban J connectivity index is 2.32. The monoisotopic (exact) mass is 273 g/mol. The van der Waals surface area contributed by atoms with Crippen LogP contribution in [-0.2, 0) is 6.42 Å². The molecule has 0 aliphatic heterocycles. The van der Waals surface area contributed by atoms with Gasteiger partial charge in [0.05, 0.1) is 0 Å². The molecule has 20 heavy (non-hydrogen) atoms. The molecule has 0 spiro atoms. The number of halogens is 1. The highest BCUT2D eigenvalue weighted by Crippen LogP contribution is 2.29. The average Bonchev–Trinajstić information content (AvgIpc) is 2.38. The van der Waals surface area contributed by atoms with Gasteiger partial charge in [0.25, 0.3) is 0 Å². The molecule has 0 saturated heterocycles. The van der Waals surface area contributed by atoms with E-state index in [0.717, 1.165) is 5.56 Å². The molecule has 0 fully saturated rings. The van der Waals surface area contributed by atoms with E-state index in [1.165, 1.54) is 11.6 Å². The van der Waals surface area contributed by atoms with Crippen molar-refractivity contribution in [3.63, 3.8) is 0 Å². The Bertz CT molecular complexity index is 608. The molecule has 0 heterocycles. The van der Waals surface area contributed by atoms with Crippen LogP contribution in [0.25, 0.3) is 0 Å². The molecule has 2 rings (SSSR count). The van der Waals surface area contributed by atoms with Gasteiger partial charge in [-0.15, -0.1) is 0 Å². The topological polar surface area (TPSA) is 35.2 Å². The summed E-state index contributed by atoms with van der Waals surface area (Å²) >= 11 is 0. The normalized spacial score (nSPS) is 12.2. The Morgan fingerprint density at radius 2 is 1.90 bits per heavy atom. The van der Waals surface area contributed by atoms with Gasteiger partial charge in [-0.2, -0.15) is 0 Å². The molecule has 0 aliphatic carbocycles. The summed E-state index contributed by atoms with van der Waals surface area (Å²) in [6.45, 7) is 5.92. The first kappa shape index (κ1) is 14.5. The highest BCUT2D eigenvalue weighted by atomic mass is 19.1. The van der Waals surface area contributed by atoms with Crippen LogP contribution in [0.1, 0.15) is 23.6 Å². The Morgan fingerprint density at radius 1 is 1.15 bits per heavy atom. The van der Waals surface area contributed by atoms with Gasteiger partial charge in [0.1, 0.15) is 17.3 Å². The zero-order valence-corrected chi connectivity index (χ0v) is 12.1. The van der Waals surface area contributed by atoms with Crippen LogP contribution in [-0.4, -0.2) is 6.04 Å². The minimum atomic E-state index is -0.274. The van der Waals surface area contributed by atoms with Crippen molar-refractivity contribution in [1.82, 2.24) is 0 Å². The quantitative estimate of drug-likeness (QED) is 0.909. The minimum Gasteiger partial charge on any atom is -0.457 e. The molecule has 2 N–H and O–H groups in total. The highest BCUT2D eigenvalue weighted by molar-refractivity contribution is 5.41. The van der Waals surface area contributed by atoms with E-state index >= 15 is 0 Å². The fraction of sp³-hybridized carbons (Fsp3) is 0.294. The minimum absolute atomic E-state index is 0.117. The largest absolute Gasteiger partial charge is 0.457 e. The lowest BCUT2D eigenvalue weighted by Gasteiger charge is -2.14. The number of hydrogen-bond acceptors (Lipinski definition) is 2. The molecule has 0 aromatic heterocycles. The molecule has 2 aromatic rings. The Labute approximate surface area is 119 Å². The Kier molecular flexibility index (Phi) is 4.40. The van der Waals surface area contributed by atoms with Crippen LogP contribution in [0.2, 0.25) is 0 Å². The summed E-state index contributed by atoms with van der Waals surface area (Å²) < 4.78 is 19.8. The maximum Gasteiger partial charge on any atom is 0.133 e. The average molecular weight is 273 g/mol. The van der Waals surface area contributed by atoms with Gasteiger partial charge in [0, 0.05) is 11.6 Å². The highest BCUT2D eigenvalue weighted by Gasteiger charge is 2.12. The third-order valence-electron chi connectivity index (χ3n) is 3.31. The van der Waals surface area contributed by atoms with Gasteiger partial charge in [-0.3, -0.25) is 0 Å². The van der Waals surface area contributed by atoms with Crippen LogP contribution in [0.15, 0.2) is 36.4 Å². The Hall–Kier alpha value is -1.87. The molecular weight excluding hydrogens is 253 g/mol. The predicted molar refractivity (Wildman–Crippen MR) is 79.7 cm³/mol. The summed E-state index contributed by atoms with van der Waals surface area (Å²) in [5.74, 6) is 0.971. The SMILES string of the molecule is Cc1ccc(Oc2cccc(F)c2CC(C)N)cc1C. The van der Waals surface area contributed by atoms with Gasteiger partial charge in [-0.05, 0) is 62.6 Å². The fourth-order valence-electron chi connectivity index (χ4n) is 2.06. The van der Waals surface area contributed by atoms with Gasteiger partial charge in [0.2, 0.25) is 0 Å². The van der Waals surface area contributed by atoms with Crippen LogP contribution in [0.5, 0.6) is 11.5 Å². The summed E-state index contributed by atoms with van der Waals surface area (Å²) in [7, 11) is 0. The van der Waals surface area contributed by atoms with Crippen LogP contribution in [0.3, 0.4) is 0 Å². The summed E-state index contributed by atoms with van der Waals surface area (Å²) in [4.78, 5) is 0. The third-order valence-corrected chi connectivity index (χ3v) is 3.31. The summed E-state index contributed by atoms with van der Waals surface area (Å²) in [5.41, 5.74) is 8.65. The van der Waals surface area contributed by atoms with Crippen molar-refractivity contribution in [3.05, 3.63) is 58.9 Å². The number of aryl methyl sites for hydroxylation is 2. The van der Waals surface area contributed by atoms with Gasteiger partial charge >= 0.3 is 0 Å². The molecular formula is C17H20FNO. The number of ether oxygens (including phenoxy) is 1. The summed E-state index contributed by atoms with van der Waals surface area (Å²) in [5, 5.41) is 0. The second-order valence-electron chi connectivity index (χ2n) is 5.25. The van der Waals surface area contributed by atoms with E-state index in [9.17, 15) is 4.39 Å². The second kappa shape index (κ2) is 6.06. The van der Waals surface area contributed by atoms with Crippen LogP contribution >= 0.6 is 0 Å². The summed E-state index contributed by atoms with van der Waals surface area (Å²) in [6.07, 6.45) is 0.451. The van der Waals surface area contributed by atoms with Gasteiger partial charge in [-0.1, -0.05) is 12.1 Å². The zero-order valence-electron chi connectivity index (χ0n) is 12.1. The molecule has 1 atom stereocenters. The maximum atomic E-state index is 13.9. The molecule has 2 nitrogen and oxygen atoms in total. The smallest absolute Gasteiger partial charge is 0.133 e. The third kappa shape index (κ3) is 3.36. The maximum absolute atomic E-state index is 13.9. The fourth-order valence-corrected chi connectivity index (χ4v) is 2.06. The van der Waals surface area contributed by atoms with Crippen LogP contribution in [0.4, 0.5) is 4.39 Å². The number of hydrogen-bond donors (Lipinski definition) is 1. The van der Waals surface area contributed by atoms with Gasteiger partial charge < -0.3 is 10.5 Å². The second-order valence-corrected chi connectivity index (χ2v) is 5.25. The van der Waals surface area contributed by atoms with E-state index in [1.54, 1.807) is 12.1 Å². The lowest BCUT2D eigenvalue weighted by Crippen LogP contribution is -2.19. The standard InChI is InChI=1S/C17H20FNO/c1-11-7-8-14(9-12(11)2)20-17-6-4-5-16(18)15(17)10-13(3)19/h4-9,13H,10,19H2,1-3H3. The van der Waals surface area contributed by atoms with Crippen molar-refractivity contribution in [2.24, 2.45) is 5.73 Å². The molecule has 0 bridgehead atoms. The van der Waals surface area contributed by atoms with E-state index in [2.05, 4.69) is 0 Å². The number of nitrogens with two attached hydrogens (primary N) is 1. The number of rotatable bonds is 4.